The van der Waals surface area contributed by atoms with Crippen molar-refractivity contribution in [2.24, 2.45) is 0 Å². The van der Waals surface area contributed by atoms with Crippen molar-refractivity contribution >= 4 is 5.78 Å². The van der Waals surface area contributed by atoms with E-state index in [1.165, 1.54) is 59.0 Å². The fraction of sp³-hybridized carbons (Fsp3) is 0.226. The molecule has 0 saturated heterocycles. The molecule has 0 aliphatic carbocycles. The SMILES string of the molecule is CC(=O)/C=C(/C)O.Cc1cccc(C)c1-c1ccc[c-]c1-c1cn(-c2c(C)cccc2C)c(C)n1.[Pt]. The second kappa shape index (κ2) is 12.6. The normalized spacial score (nSPS) is 10.8. The molecule has 190 valence electrons. The fourth-order valence-electron chi connectivity index (χ4n) is 4.40. The van der Waals surface area contributed by atoms with Crippen LogP contribution in [0.5, 0.6) is 0 Å². The number of benzene rings is 3. The maximum Gasteiger partial charge on any atom is 0.155 e. The number of imidazole rings is 1. The maximum atomic E-state index is 10.0. The molecule has 0 atom stereocenters. The van der Waals surface area contributed by atoms with Crippen LogP contribution in [0.25, 0.3) is 28.1 Å². The second-order valence-corrected chi connectivity index (χ2v) is 8.91. The first-order valence-electron chi connectivity index (χ1n) is 11.7. The molecule has 4 nitrogen and oxygen atoms in total. The average molecular weight is 661 g/mol. The van der Waals surface area contributed by atoms with Gasteiger partial charge < -0.3 is 9.67 Å². The topological polar surface area (TPSA) is 55.1 Å². The van der Waals surface area contributed by atoms with E-state index >= 15 is 0 Å². The number of hydrogen-bond donors (Lipinski definition) is 1. The molecule has 4 rings (SSSR count). The number of aryl methyl sites for hydroxylation is 5. The molecule has 0 bridgehead atoms. The summed E-state index contributed by atoms with van der Waals surface area (Å²) in [4.78, 5) is 14.9. The average Bonchev–Trinajstić information content (AvgIpc) is 3.14. The quantitative estimate of drug-likeness (QED) is 0.140. The third-order valence-electron chi connectivity index (χ3n) is 5.84. The van der Waals surface area contributed by atoms with Gasteiger partial charge in [-0.05, 0) is 65.8 Å². The van der Waals surface area contributed by atoms with Gasteiger partial charge in [0.15, 0.2) is 5.78 Å². The van der Waals surface area contributed by atoms with E-state index in [4.69, 9.17) is 10.1 Å². The minimum absolute atomic E-state index is 0. The van der Waals surface area contributed by atoms with Crippen LogP contribution in [0.4, 0.5) is 0 Å². The van der Waals surface area contributed by atoms with Crippen molar-refractivity contribution in [2.75, 3.05) is 0 Å². The Morgan fingerprint density at radius 3 is 1.94 bits per heavy atom. The summed E-state index contributed by atoms with van der Waals surface area (Å²) in [6.07, 6.45) is 3.31. The van der Waals surface area contributed by atoms with Crippen LogP contribution in [0.1, 0.15) is 41.9 Å². The Hall–Kier alpha value is -3.23. The first-order valence-corrected chi connectivity index (χ1v) is 11.7. The first kappa shape index (κ1) is 29.0. The molecule has 4 aromatic rings. The van der Waals surface area contributed by atoms with Crippen molar-refractivity contribution in [3.63, 3.8) is 0 Å². The number of rotatable bonds is 4. The molecular formula is C31H33N2O2Pt-. The number of para-hydroxylation sites is 1. The predicted molar refractivity (Wildman–Crippen MR) is 144 cm³/mol. The van der Waals surface area contributed by atoms with Crippen molar-refractivity contribution in [1.29, 1.82) is 0 Å². The molecule has 1 N–H and O–H groups in total. The number of aliphatic hydroxyl groups is 1. The van der Waals surface area contributed by atoms with Crippen LogP contribution < -0.4 is 0 Å². The van der Waals surface area contributed by atoms with E-state index in [0.717, 1.165) is 17.1 Å². The maximum absolute atomic E-state index is 10.0. The van der Waals surface area contributed by atoms with Crippen molar-refractivity contribution in [3.8, 4) is 28.1 Å². The van der Waals surface area contributed by atoms with E-state index in [1.54, 1.807) is 0 Å². The molecule has 3 aromatic carbocycles. The third kappa shape index (κ3) is 6.71. The zero-order valence-corrected chi connectivity index (χ0v) is 24.2. The van der Waals surface area contributed by atoms with Crippen LogP contribution in [0.2, 0.25) is 0 Å². The van der Waals surface area contributed by atoms with E-state index in [0.29, 0.717) is 0 Å². The number of allylic oxidation sites excluding steroid dienone is 2. The van der Waals surface area contributed by atoms with Gasteiger partial charge in [0, 0.05) is 32.8 Å². The molecule has 0 aliphatic rings. The molecule has 1 heterocycles. The molecule has 36 heavy (non-hydrogen) atoms. The number of aliphatic hydroxyl groups excluding tert-OH is 1. The zero-order valence-electron chi connectivity index (χ0n) is 21.9. The Labute approximate surface area is 229 Å². The fourth-order valence-corrected chi connectivity index (χ4v) is 4.40. The first-order chi connectivity index (χ1) is 16.6. The molecule has 0 unspecified atom stereocenters. The van der Waals surface area contributed by atoms with Crippen molar-refractivity contribution in [2.45, 2.75) is 48.5 Å². The predicted octanol–water partition coefficient (Wildman–Crippen LogP) is 7.58. The Bertz CT molecular complexity index is 1360. The number of carbonyl (C=O) groups is 1. The number of carbonyl (C=O) groups excluding carboxylic acids is 1. The zero-order chi connectivity index (χ0) is 25.7. The summed E-state index contributed by atoms with van der Waals surface area (Å²) in [7, 11) is 0. The Morgan fingerprint density at radius 1 is 0.889 bits per heavy atom. The van der Waals surface area contributed by atoms with Gasteiger partial charge in [0.05, 0.1) is 17.3 Å². The second-order valence-electron chi connectivity index (χ2n) is 8.91. The van der Waals surface area contributed by atoms with Gasteiger partial charge in [0.1, 0.15) is 0 Å². The van der Waals surface area contributed by atoms with E-state index < -0.39 is 0 Å². The molecule has 0 radical (unpaired) electrons. The van der Waals surface area contributed by atoms with E-state index in [2.05, 4.69) is 100.0 Å². The molecule has 5 heteroatoms. The van der Waals surface area contributed by atoms with Gasteiger partial charge in [-0.15, -0.1) is 29.8 Å². The van der Waals surface area contributed by atoms with Crippen LogP contribution in [-0.4, -0.2) is 20.4 Å². The number of nitrogens with zero attached hydrogens (tertiary/aromatic N) is 2. The van der Waals surface area contributed by atoms with Gasteiger partial charge in [-0.3, -0.25) is 9.78 Å². The summed E-state index contributed by atoms with van der Waals surface area (Å²) in [6.45, 7) is 13.5. The summed E-state index contributed by atoms with van der Waals surface area (Å²) in [5.74, 6) is 0.921. The van der Waals surface area contributed by atoms with Gasteiger partial charge >= 0.3 is 0 Å². The molecule has 0 spiro atoms. The molecular weight excluding hydrogens is 627 g/mol. The standard InChI is InChI=1S/C26H25N2.C5H8O2.Pt/c1-17-10-8-11-18(2)25(17)23-15-7-6-14-22(23)24-16-28(21(5)27-24)26-19(3)12-9-13-20(26)4;1-4(6)3-5(2)7;/h6-13,15-16H,1-5H3;3,6H,1-2H3;/q-1;;/b;4-3-;. The summed E-state index contributed by atoms with van der Waals surface area (Å²) in [6, 6.07) is 22.5. The van der Waals surface area contributed by atoms with E-state index in [9.17, 15) is 4.79 Å². The monoisotopic (exact) mass is 660 g/mol. The van der Waals surface area contributed by atoms with E-state index in [1.807, 2.05) is 6.07 Å². The molecule has 0 saturated carbocycles. The van der Waals surface area contributed by atoms with Crippen LogP contribution in [0.15, 0.2) is 72.6 Å². The summed E-state index contributed by atoms with van der Waals surface area (Å²) >= 11 is 0. The van der Waals surface area contributed by atoms with Gasteiger partial charge in [0.25, 0.3) is 0 Å². The summed E-state index contributed by atoms with van der Waals surface area (Å²) in [5, 5.41) is 8.36. The van der Waals surface area contributed by atoms with Crippen molar-refractivity contribution in [3.05, 3.63) is 107 Å². The van der Waals surface area contributed by atoms with Crippen LogP contribution in [0.3, 0.4) is 0 Å². The number of aromatic nitrogens is 2. The Kier molecular flexibility index (Phi) is 10.2. The van der Waals surface area contributed by atoms with Gasteiger partial charge in [-0.25, -0.2) is 0 Å². The smallest absolute Gasteiger partial charge is 0.155 e. The van der Waals surface area contributed by atoms with Crippen LogP contribution in [0, 0.1) is 40.7 Å². The molecule has 0 aliphatic heterocycles. The Morgan fingerprint density at radius 2 is 1.44 bits per heavy atom. The minimum atomic E-state index is -0.125. The molecule has 0 fully saturated rings. The molecule has 1 aromatic heterocycles. The molecule has 0 amide bonds. The Balaban J connectivity index is 0.000000503. The van der Waals surface area contributed by atoms with Gasteiger partial charge in [0.2, 0.25) is 0 Å². The summed E-state index contributed by atoms with van der Waals surface area (Å²) < 4.78 is 2.20. The number of hydrogen-bond acceptors (Lipinski definition) is 3. The van der Waals surface area contributed by atoms with Gasteiger partial charge in [-0.1, -0.05) is 58.7 Å². The van der Waals surface area contributed by atoms with Crippen molar-refractivity contribution < 1.29 is 31.0 Å². The largest absolute Gasteiger partial charge is 0.512 e. The van der Waals surface area contributed by atoms with E-state index in [-0.39, 0.29) is 32.6 Å². The summed E-state index contributed by atoms with van der Waals surface area (Å²) in [5.41, 5.74) is 10.7. The van der Waals surface area contributed by atoms with Crippen LogP contribution >= 0.6 is 0 Å². The van der Waals surface area contributed by atoms with Crippen molar-refractivity contribution in [1.82, 2.24) is 9.55 Å². The number of ketones is 1. The van der Waals surface area contributed by atoms with Gasteiger partial charge in [-0.2, -0.15) is 0 Å². The van der Waals surface area contributed by atoms with Crippen LogP contribution in [-0.2, 0) is 25.9 Å². The third-order valence-corrected chi connectivity index (χ3v) is 5.84. The minimum Gasteiger partial charge on any atom is -0.512 e.